The van der Waals surface area contributed by atoms with Gasteiger partial charge in [0.15, 0.2) is 0 Å². The second kappa shape index (κ2) is 7.46. The largest absolute Gasteiger partial charge is 0.313 e. The molecule has 3 nitrogen and oxygen atoms in total. The van der Waals surface area contributed by atoms with Gasteiger partial charge < -0.3 is 10.2 Å². The monoisotopic (exact) mass is 253 g/mol. The van der Waals surface area contributed by atoms with Crippen LogP contribution in [0.3, 0.4) is 0 Å². The second-order valence-corrected chi connectivity index (χ2v) is 6.30. The maximum absolute atomic E-state index is 3.62. The second-order valence-electron chi connectivity index (χ2n) is 6.30. The molecule has 2 fully saturated rings. The van der Waals surface area contributed by atoms with E-state index in [1.165, 1.54) is 71.4 Å². The zero-order valence-corrected chi connectivity index (χ0v) is 12.3. The maximum Gasteiger partial charge on any atom is 0.0221 e. The van der Waals surface area contributed by atoms with Gasteiger partial charge in [-0.1, -0.05) is 20.3 Å². The van der Waals surface area contributed by atoms with Crippen molar-refractivity contribution < 1.29 is 0 Å². The van der Waals surface area contributed by atoms with Crippen LogP contribution in [0.5, 0.6) is 0 Å². The van der Waals surface area contributed by atoms with E-state index in [0.29, 0.717) is 6.04 Å². The fraction of sp³-hybridized carbons (Fsp3) is 1.00. The molecule has 1 N–H and O–H groups in total. The highest BCUT2D eigenvalue weighted by Gasteiger charge is 2.23. The SMILES string of the molecule is CC(C)NCC1CCCCN1CCN1CCCC1. The molecule has 1 atom stereocenters. The molecule has 0 aliphatic carbocycles. The van der Waals surface area contributed by atoms with Gasteiger partial charge in [0.25, 0.3) is 0 Å². The summed E-state index contributed by atoms with van der Waals surface area (Å²) < 4.78 is 0. The molecule has 0 amide bonds. The van der Waals surface area contributed by atoms with Crippen LogP contribution < -0.4 is 5.32 Å². The Kier molecular flexibility index (Phi) is 5.93. The predicted octanol–water partition coefficient (Wildman–Crippen LogP) is 1.93. The van der Waals surface area contributed by atoms with Crippen LogP contribution in [-0.2, 0) is 0 Å². The van der Waals surface area contributed by atoms with Gasteiger partial charge in [-0.25, -0.2) is 0 Å². The van der Waals surface area contributed by atoms with Crippen molar-refractivity contribution in [2.24, 2.45) is 0 Å². The highest BCUT2D eigenvalue weighted by atomic mass is 15.2. The Hall–Kier alpha value is -0.120. The first-order valence-electron chi connectivity index (χ1n) is 7.95. The minimum absolute atomic E-state index is 0.618. The molecule has 2 saturated heterocycles. The summed E-state index contributed by atoms with van der Waals surface area (Å²) in [5.74, 6) is 0. The van der Waals surface area contributed by atoms with Crippen molar-refractivity contribution in [3.63, 3.8) is 0 Å². The van der Waals surface area contributed by atoms with E-state index >= 15 is 0 Å². The Balaban J connectivity index is 1.72. The molecule has 2 heterocycles. The van der Waals surface area contributed by atoms with Crippen LogP contribution >= 0.6 is 0 Å². The number of nitrogens with one attached hydrogen (secondary N) is 1. The molecule has 0 spiro atoms. The normalized spacial score (nSPS) is 27.2. The molecule has 0 saturated carbocycles. The Bertz CT molecular complexity index is 224. The first-order chi connectivity index (χ1) is 8.75. The zero-order valence-electron chi connectivity index (χ0n) is 12.3. The van der Waals surface area contributed by atoms with Crippen molar-refractivity contribution in [3.05, 3.63) is 0 Å². The van der Waals surface area contributed by atoms with Crippen LogP contribution in [0.4, 0.5) is 0 Å². The smallest absolute Gasteiger partial charge is 0.0221 e. The van der Waals surface area contributed by atoms with Crippen LogP contribution in [0.2, 0.25) is 0 Å². The average Bonchev–Trinajstić information content (AvgIpc) is 2.88. The van der Waals surface area contributed by atoms with Gasteiger partial charge >= 0.3 is 0 Å². The number of nitrogens with zero attached hydrogens (tertiary/aromatic N) is 2. The summed E-state index contributed by atoms with van der Waals surface area (Å²) in [6.07, 6.45) is 7.04. The van der Waals surface area contributed by atoms with E-state index in [4.69, 9.17) is 0 Å². The summed E-state index contributed by atoms with van der Waals surface area (Å²) in [5.41, 5.74) is 0. The summed E-state index contributed by atoms with van der Waals surface area (Å²) in [6, 6.07) is 1.40. The van der Waals surface area contributed by atoms with Gasteiger partial charge in [-0.05, 0) is 45.3 Å². The van der Waals surface area contributed by atoms with E-state index in [1.54, 1.807) is 0 Å². The van der Waals surface area contributed by atoms with E-state index in [9.17, 15) is 0 Å². The fourth-order valence-electron chi connectivity index (χ4n) is 3.23. The van der Waals surface area contributed by atoms with Gasteiger partial charge in [-0.15, -0.1) is 0 Å². The molecule has 0 radical (unpaired) electrons. The molecule has 1 unspecified atom stereocenters. The van der Waals surface area contributed by atoms with Gasteiger partial charge in [-0.3, -0.25) is 4.90 Å². The van der Waals surface area contributed by atoms with E-state index in [-0.39, 0.29) is 0 Å². The van der Waals surface area contributed by atoms with Crippen molar-refractivity contribution in [2.45, 2.75) is 58.0 Å². The lowest BCUT2D eigenvalue weighted by atomic mass is 10.0. The minimum Gasteiger partial charge on any atom is -0.313 e. The third kappa shape index (κ3) is 4.52. The van der Waals surface area contributed by atoms with Crippen molar-refractivity contribution in [3.8, 4) is 0 Å². The van der Waals surface area contributed by atoms with Crippen LogP contribution in [0.15, 0.2) is 0 Å². The number of hydrogen-bond acceptors (Lipinski definition) is 3. The molecular weight excluding hydrogens is 222 g/mol. The van der Waals surface area contributed by atoms with Gasteiger partial charge in [0.05, 0.1) is 0 Å². The molecule has 2 aliphatic rings. The number of hydrogen-bond donors (Lipinski definition) is 1. The standard InChI is InChI=1S/C15H31N3/c1-14(2)16-13-15-7-3-4-10-18(15)12-11-17-8-5-6-9-17/h14-16H,3-13H2,1-2H3. The summed E-state index contributed by atoms with van der Waals surface area (Å²) in [4.78, 5) is 5.37. The van der Waals surface area contributed by atoms with E-state index in [0.717, 1.165) is 6.04 Å². The fourth-order valence-corrected chi connectivity index (χ4v) is 3.23. The summed E-state index contributed by atoms with van der Waals surface area (Å²) >= 11 is 0. The third-order valence-electron chi connectivity index (χ3n) is 4.41. The molecule has 106 valence electrons. The first-order valence-corrected chi connectivity index (χ1v) is 7.95. The molecule has 0 aromatic heterocycles. The van der Waals surface area contributed by atoms with Gasteiger partial charge in [-0.2, -0.15) is 0 Å². The molecule has 0 aromatic rings. The van der Waals surface area contributed by atoms with Crippen molar-refractivity contribution >= 4 is 0 Å². The van der Waals surface area contributed by atoms with Crippen LogP contribution in [0.25, 0.3) is 0 Å². The first kappa shape index (κ1) is 14.3. The third-order valence-corrected chi connectivity index (χ3v) is 4.41. The van der Waals surface area contributed by atoms with Crippen LogP contribution in [0.1, 0.15) is 46.0 Å². The molecule has 0 aromatic carbocycles. The molecule has 3 heteroatoms. The lowest BCUT2D eigenvalue weighted by molar-refractivity contribution is 0.128. The molecule has 2 rings (SSSR count). The van der Waals surface area contributed by atoms with Gasteiger partial charge in [0, 0.05) is 31.7 Å². The number of rotatable bonds is 6. The summed E-state index contributed by atoms with van der Waals surface area (Å²) in [6.45, 7) is 12.2. The lowest BCUT2D eigenvalue weighted by Crippen LogP contribution is -2.48. The minimum atomic E-state index is 0.618. The predicted molar refractivity (Wildman–Crippen MR) is 78.0 cm³/mol. The zero-order chi connectivity index (χ0) is 12.8. The molecule has 0 bridgehead atoms. The highest BCUT2D eigenvalue weighted by molar-refractivity contribution is 4.80. The van der Waals surface area contributed by atoms with Crippen LogP contribution in [-0.4, -0.2) is 61.2 Å². The van der Waals surface area contributed by atoms with Crippen LogP contribution in [0, 0.1) is 0 Å². The Labute approximate surface area is 113 Å². The summed E-state index contributed by atoms with van der Waals surface area (Å²) in [7, 11) is 0. The quantitative estimate of drug-likeness (QED) is 0.780. The van der Waals surface area contributed by atoms with Crippen molar-refractivity contribution in [1.29, 1.82) is 0 Å². The molecule has 18 heavy (non-hydrogen) atoms. The Morgan fingerprint density at radius 3 is 2.44 bits per heavy atom. The molecular formula is C15H31N3. The van der Waals surface area contributed by atoms with Gasteiger partial charge in [0.1, 0.15) is 0 Å². The van der Waals surface area contributed by atoms with E-state index < -0.39 is 0 Å². The highest BCUT2D eigenvalue weighted by Crippen LogP contribution is 2.17. The van der Waals surface area contributed by atoms with E-state index in [2.05, 4.69) is 29.0 Å². The summed E-state index contributed by atoms with van der Waals surface area (Å²) in [5, 5.41) is 3.62. The Morgan fingerprint density at radius 2 is 1.72 bits per heavy atom. The average molecular weight is 253 g/mol. The number of likely N-dealkylation sites (tertiary alicyclic amines) is 2. The number of piperidine rings is 1. The maximum atomic E-state index is 3.62. The van der Waals surface area contributed by atoms with E-state index in [1.807, 2.05) is 0 Å². The Morgan fingerprint density at radius 1 is 1.00 bits per heavy atom. The molecule has 2 aliphatic heterocycles. The van der Waals surface area contributed by atoms with Crippen molar-refractivity contribution in [1.82, 2.24) is 15.1 Å². The van der Waals surface area contributed by atoms with Gasteiger partial charge in [0.2, 0.25) is 0 Å². The van der Waals surface area contributed by atoms with Crippen molar-refractivity contribution in [2.75, 3.05) is 39.3 Å². The topological polar surface area (TPSA) is 18.5 Å². The lowest BCUT2D eigenvalue weighted by Gasteiger charge is -2.37.